The number of hydrogen-bond donors (Lipinski definition) is 1. The van der Waals surface area contributed by atoms with Gasteiger partial charge in [-0.2, -0.15) is 0 Å². The fraction of sp³-hybridized carbons (Fsp3) is 0.269. The highest BCUT2D eigenvalue weighted by Crippen LogP contribution is 2.37. The third-order valence-corrected chi connectivity index (χ3v) is 5.65. The van der Waals surface area contributed by atoms with E-state index in [1.165, 1.54) is 0 Å². The SMILES string of the molecule is COCCOC(=O)c1c(C)n(CCOc2cccc(OC)c2)c2c1cc(O)c1ccccc12. The molecule has 4 aromatic rings. The number of carbonyl (C=O) groups is 1. The number of carbonyl (C=O) groups excluding carboxylic acids is 1. The van der Waals surface area contributed by atoms with Crippen molar-refractivity contribution >= 4 is 27.6 Å². The van der Waals surface area contributed by atoms with Crippen LogP contribution in [0.15, 0.2) is 54.6 Å². The van der Waals surface area contributed by atoms with Crippen molar-refractivity contribution in [2.45, 2.75) is 13.5 Å². The summed E-state index contributed by atoms with van der Waals surface area (Å²) in [5.74, 6) is 1.09. The van der Waals surface area contributed by atoms with Gasteiger partial charge in [-0.3, -0.25) is 0 Å². The molecule has 3 aromatic carbocycles. The van der Waals surface area contributed by atoms with E-state index >= 15 is 0 Å². The number of aromatic hydroxyl groups is 1. The van der Waals surface area contributed by atoms with Gasteiger partial charge in [-0.15, -0.1) is 0 Å². The summed E-state index contributed by atoms with van der Waals surface area (Å²) in [4.78, 5) is 13.0. The van der Waals surface area contributed by atoms with Gasteiger partial charge in [0, 0.05) is 35.0 Å². The highest BCUT2D eigenvalue weighted by Gasteiger charge is 2.24. The average molecular weight is 450 g/mol. The first-order valence-corrected chi connectivity index (χ1v) is 10.7. The van der Waals surface area contributed by atoms with Gasteiger partial charge in [0.25, 0.3) is 0 Å². The van der Waals surface area contributed by atoms with Crippen LogP contribution in [0.4, 0.5) is 0 Å². The second-order valence-corrected chi connectivity index (χ2v) is 7.61. The van der Waals surface area contributed by atoms with Crippen molar-refractivity contribution in [2.75, 3.05) is 34.0 Å². The standard InChI is InChI=1S/C26H27NO6/c1-17-24(26(29)33-14-13-30-2)22-16-23(28)20-9-4-5-10-21(20)25(22)27(17)11-12-32-19-8-6-7-18(15-19)31-3/h4-10,15-16,28H,11-14H2,1-3H3. The fourth-order valence-electron chi connectivity index (χ4n) is 4.09. The van der Waals surface area contributed by atoms with E-state index in [0.717, 1.165) is 27.7 Å². The molecule has 0 bridgehead atoms. The van der Waals surface area contributed by atoms with Crippen molar-refractivity contribution in [2.24, 2.45) is 0 Å². The predicted molar refractivity (Wildman–Crippen MR) is 126 cm³/mol. The summed E-state index contributed by atoms with van der Waals surface area (Å²) in [7, 11) is 3.17. The number of phenols is 1. The van der Waals surface area contributed by atoms with Crippen LogP contribution in [0.3, 0.4) is 0 Å². The second kappa shape index (κ2) is 9.83. The van der Waals surface area contributed by atoms with Crippen LogP contribution in [0.25, 0.3) is 21.7 Å². The van der Waals surface area contributed by atoms with Crippen molar-refractivity contribution in [3.05, 3.63) is 65.9 Å². The van der Waals surface area contributed by atoms with Crippen molar-refractivity contribution in [1.29, 1.82) is 0 Å². The van der Waals surface area contributed by atoms with Gasteiger partial charge in [-0.25, -0.2) is 4.79 Å². The summed E-state index contributed by atoms with van der Waals surface area (Å²) in [5, 5.41) is 12.9. The van der Waals surface area contributed by atoms with Crippen molar-refractivity contribution in [1.82, 2.24) is 4.57 Å². The van der Waals surface area contributed by atoms with Crippen molar-refractivity contribution in [3.8, 4) is 17.2 Å². The Kier molecular flexibility index (Phi) is 6.70. The van der Waals surface area contributed by atoms with E-state index < -0.39 is 5.97 Å². The number of fused-ring (bicyclic) bond motifs is 3. The van der Waals surface area contributed by atoms with E-state index in [1.807, 2.05) is 60.0 Å². The minimum Gasteiger partial charge on any atom is -0.507 e. The lowest BCUT2D eigenvalue weighted by Crippen LogP contribution is -2.13. The number of rotatable bonds is 9. The molecule has 1 heterocycles. The topological polar surface area (TPSA) is 79.2 Å². The first-order valence-electron chi connectivity index (χ1n) is 10.7. The summed E-state index contributed by atoms with van der Waals surface area (Å²) in [5.41, 5.74) is 2.04. The quantitative estimate of drug-likeness (QED) is 0.295. The molecule has 1 N–H and O–H groups in total. The Hall–Kier alpha value is -3.71. The van der Waals surface area contributed by atoms with E-state index in [4.69, 9.17) is 18.9 Å². The van der Waals surface area contributed by atoms with Gasteiger partial charge in [0.1, 0.15) is 30.5 Å². The van der Waals surface area contributed by atoms with Gasteiger partial charge in [-0.1, -0.05) is 30.3 Å². The molecule has 0 fully saturated rings. The molecule has 0 saturated carbocycles. The summed E-state index contributed by atoms with van der Waals surface area (Å²) >= 11 is 0. The van der Waals surface area contributed by atoms with E-state index in [1.54, 1.807) is 20.3 Å². The summed E-state index contributed by atoms with van der Waals surface area (Å²) < 4.78 is 23.7. The van der Waals surface area contributed by atoms with Crippen molar-refractivity contribution in [3.63, 3.8) is 0 Å². The Labute approximate surface area is 192 Å². The third-order valence-electron chi connectivity index (χ3n) is 5.65. The van der Waals surface area contributed by atoms with Crippen LogP contribution in [0.5, 0.6) is 17.2 Å². The number of benzene rings is 3. The maximum atomic E-state index is 13.0. The maximum absolute atomic E-state index is 13.0. The van der Waals surface area contributed by atoms with Gasteiger partial charge in [0.15, 0.2) is 0 Å². The van der Waals surface area contributed by atoms with Gasteiger partial charge < -0.3 is 28.6 Å². The lowest BCUT2D eigenvalue weighted by Gasteiger charge is -2.12. The van der Waals surface area contributed by atoms with Gasteiger partial charge >= 0.3 is 5.97 Å². The molecule has 0 unspecified atom stereocenters. The highest BCUT2D eigenvalue weighted by molar-refractivity contribution is 6.16. The number of methoxy groups -OCH3 is 2. The Morgan fingerprint density at radius 3 is 2.42 bits per heavy atom. The molecule has 0 amide bonds. The number of esters is 1. The third kappa shape index (κ3) is 4.45. The molecule has 33 heavy (non-hydrogen) atoms. The van der Waals surface area contributed by atoms with E-state index in [9.17, 15) is 9.90 Å². The van der Waals surface area contributed by atoms with E-state index in [0.29, 0.717) is 36.5 Å². The van der Waals surface area contributed by atoms with Crippen LogP contribution in [-0.4, -0.2) is 49.7 Å². The lowest BCUT2D eigenvalue weighted by atomic mass is 10.0. The zero-order chi connectivity index (χ0) is 23.4. The highest BCUT2D eigenvalue weighted by atomic mass is 16.6. The monoisotopic (exact) mass is 449 g/mol. The number of aromatic nitrogens is 1. The van der Waals surface area contributed by atoms with Crippen LogP contribution in [0, 0.1) is 6.92 Å². The summed E-state index contributed by atoms with van der Waals surface area (Å²) in [6, 6.07) is 16.7. The predicted octanol–water partition coefficient (Wildman–Crippen LogP) is 4.70. The van der Waals surface area contributed by atoms with Crippen LogP contribution in [0.1, 0.15) is 16.1 Å². The van der Waals surface area contributed by atoms with Crippen LogP contribution >= 0.6 is 0 Å². The Balaban J connectivity index is 1.74. The average Bonchev–Trinajstić information content (AvgIpc) is 3.10. The normalized spacial score (nSPS) is 11.1. The van der Waals surface area contributed by atoms with E-state index in [-0.39, 0.29) is 12.4 Å². The molecular formula is C26H27NO6. The lowest BCUT2D eigenvalue weighted by molar-refractivity contribution is 0.0389. The molecule has 0 spiro atoms. The number of nitrogens with zero attached hydrogens (tertiary/aromatic N) is 1. The Morgan fingerprint density at radius 2 is 1.67 bits per heavy atom. The first kappa shape index (κ1) is 22.5. The largest absolute Gasteiger partial charge is 0.507 e. The van der Waals surface area contributed by atoms with Gasteiger partial charge in [0.2, 0.25) is 0 Å². The molecule has 1 aromatic heterocycles. The van der Waals surface area contributed by atoms with Crippen LogP contribution in [0.2, 0.25) is 0 Å². The maximum Gasteiger partial charge on any atom is 0.340 e. The number of hydrogen-bond acceptors (Lipinski definition) is 6. The second-order valence-electron chi connectivity index (χ2n) is 7.61. The zero-order valence-electron chi connectivity index (χ0n) is 19.0. The first-order chi connectivity index (χ1) is 16.0. The molecule has 0 aliphatic carbocycles. The molecule has 172 valence electrons. The van der Waals surface area contributed by atoms with Gasteiger partial charge in [0.05, 0.1) is 31.3 Å². The smallest absolute Gasteiger partial charge is 0.340 e. The molecule has 0 aliphatic rings. The molecule has 7 heteroatoms. The van der Waals surface area contributed by atoms with Crippen molar-refractivity contribution < 1.29 is 28.8 Å². The Bertz CT molecular complexity index is 1290. The summed E-state index contributed by atoms with van der Waals surface area (Å²) in [6.45, 7) is 3.22. The molecule has 7 nitrogen and oxygen atoms in total. The van der Waals surface area contributed by atoms with Crippen LogP contribution in [-0.2, 0) is 16.0 Å². The molecule has 0 atom stereocenters. The summed E-state index contributed by atoms with van der Waals surface area (Å²) in [6.07, 6.45) is 0. The van der Waals surface area contributed by atoms with E-state index in [2.05, 4.69) is 0 Å². The molecule has 0 aliphatic heterocycles. The Morgan fingerprint density at radius 1 is 0.909 bits per heavy atom. The van der Waals surface area contributed by atoms with Gasteiger partial charge in [-0.05, 0) is 25.1 Å². The zero-order valence-corrected chi connectivity index (χ0v) is 19.0. The molecule has 4 rings (SSSR count). The molecular weight excluding hydrogens is 422 g/mol. The number of phenolic OH excluding ortho intramolecular Hbond substituents is 1. The minimum atomic E-state index is -0.448. The minimum absolute atomic E-state index is 0.119. The fourth-order valence-corrected chi connectivity index (χ4v) is 4.09. The number of ether oxygens (including phenoxy) is 4. The molecule has 0 saturated heterocycles. The van der Waals surface area contributed by atoms with Crippen LogP contribution < -0.4 is 9.47 Å². The molecule has 0 radical (unpaired) electrons.